The summed E-state index contributed by atoms with van der Waals surface area (Å²) in [5.74, 6) is 10.4. The van der Waals surface area contributed by atoms with Crippen molar-refractivity contribution in [2.24, 2.45) is 16.8 Å². The summed E-state index contributed by atoms with van der Waals surface area (Å²) in [6.07, 6.45) is 5.13. The second-order valence-electron chi connectivity index (χ2n) is 7.63. The molecule has 3 aromatic rings. The number of hydrogen-bond acceptors (Lipinski definition) is 4. The fraction of sp³-hybridized carbons (Fsp3) is 0.250. The topological polar surface area (TPSA) is 80.5 Å². The molecule has 2 radical (unpaired) electrons. The molecule has 1 aromatic heterocycles. The molecular formula is C24H26BF2N5. The Bertz CT molecular complexity index is 1040. The Balaban J connectivity index is 1.81. The van der Waals surface area contributed by atoms with E-state index in [2.05, 4.69) is 41.3 Å². The van der Waals surface area contributed by atoms with Crippen LogP contribution in [-0.4, -0.2) is 24.2 Å². The lowest BCUT2D eigenvalue weighted by atomic mass is 9.71. The van der Waals surface area contributed by atoms with E-state index in [1.54, 1.807) is 18.3 Å². The van der Waals surface area contributed by atoms with Gasteiger partial charge in [0.1, 0.15) is 31.6 Å². The van der Waals surface area contributed by atoms with E-state index in [0.29, 0.717) is 0 Å². The van der Waals surface area contributed by atoms with E-state index in [9.17, 15) is 4.39 Å². The lowest BCUT2D eigenvalue weighted by molar-refractivity contribution is 0.129. The minimum Gasteiger partial charge on any atom is -0.322 e. The zero-order chi connectivity index (χ0) is 23.1. The molecular weight excluding hydrogens is 407 g/mol. The molecule has 3 rings (SSSR count). The fourth-order valence-corrected chi connectivity index (χ4v) is 3.61. The number of hydrazine groups is 1. The maximum absolute atomic E-state index is 15.9. The highest BCUT2D eigenvalue weighted by molar-refractivity contribution is 6.15. The van der Waals surface area contributed by atoms with Crippen molar-refractivity contribution in [2.75, 3.05) is 0 Å². The van der Waals surface area contributed by atoms with Gasteiger partial charge in [0.2, 0.25) is 0 Å². The predicted octanol–water partition coefficient (Wildman–Crippen LogP) is 3.68. The quantitative estimate of drug-likeness (QED) is 0.177. The lowest BCUT2D eigenvalue weighted by Gasteiger charge is -2.36. The van der Waals surface area contributed by atoms with Gasteiger partial charge in [-0.2, -0.15) is 5.10 Å². The minimum absolute atomic E-state index is 0.0405. The van der Waals surface area contributed by atoms with Gasteiger partial charge in [-0.25, -0.2) is 14.6 Å². The van der Waals surface area contributed by atoms with Gasteiger partial charge >= 0.3 is 0 Å². The normalized spacial score (nSPS) is 14.2. The summed E-state index contributed by atoms with van der Waals surface area (Å²) in [6, 6.07) is 16.0. The molecule has 0 fully saturated rings. The Morgan fingerprint density at radius 2 is 1.69 bits per heavy atom. The highest BCUT2D eigenvalue weighted by Crippen LogP contribution is 2.39. The molecule has 0 amide bonds. The monoisotopic (exact) mass is 433 g/mol. The van der Waals surface area contributed by atoms with Crippen molar-refractivity contribution in [3.63, 3.8) is 0 Å². The smallest absolute Gasteiger partial charge is 0.134 e. The summed E-state index contributed by atoms with van der Waals surface area (Å²) in [5, 5.41) is 4.15. The van der Waals surface area contributed by atoms with Gasteiger partial charge in [0, 0.05) is 11.8 Å². The van der Waals surface area contributed by atoms with Crippen molar-refractivity contribution in [1.29, 1.82) is 0 Å². The number of halogens is 2. The van der Waals surface area contributed by atoms with Crippen LogP contribution in [0.5, 0.6) is 0 Å². The van der Waals surface area contributed by atoms with Crippen LogP contribution in [0.25, 0.3) is 0 Å². The Labute approximate surface area is 188 Å². The van der Waals surface area contributed by atoms with Crippen LogP contribution in [-0.2, 0) is 24.8 Å². The molecule has 0 saturated carbocycles. The number of pyridine rings is 1. The van der Waals surface area contributed by atoms with Gasteiger partial charge in [-0.1, -0.05) is 55.5 Å². The molecule has 5 nitrogen and oxygen atoms in total. The summed E-state index contributed by atoms with van der Waals surface area (Å²) >= 11 is 0. The number of aromatic nitrogens is 1. The molecule has 0 aliphatic rings. The van der Waals surface area contributed by atoms with Gasteiger partial charge in [-0.15, -0.1) is 0 Å². The first-order chi connectivity index (χ1) is 15.4. The van der Waals surface area contributed by atoms with E-state index in [1.165, 1.54) is 35.4 Å². The molecule has 0 spiro atoms. The van der Waals surface area contributed by atoms with Crippen molar-refractivity contribution in [3.8, 4) is 0 Å². The molecule has 0 bridgehead atoms. The Morgan fingerprint density at radius 1 is 1.06 bits per heavy atom. The number of hydrazone groups is 1. The van der Waals surface area contributed by atoms with Crippen molar-refractivity contribution in [3.05, 3.63) is 101 Å². The average molecular weight is 433 g/mol. The molecule has 1 heterocycles. The minimum atomic E-state index is -2.62. The van der Waals surface area contributed by atoms with E-state index in [0.717, 1.165) is 36.2 Å². The second-order valence-corrected chi connectivity index (χ2v) is 7.63. The molecule has 4 N–H and O–H groups in total. The van der Waals surface area contributed by atoms with Gasteiger partial charge in [0.25, 0.3) is 0 Å². The first-order valence-electron chi connectivity index (χ1n) is 10.4. The first kappa shape index (κ1) is 23.4. The van der Waals surface area contributed by atoms with Crippen LogP contribution in [0.1, 0.15) is 40.9 Å². The second kappa shape index (κ2) is 10.4. The third-order valence-electron chi connectivity index (χ3n) is 5.45. The SMILES string of the molecule is [B]C(F)(c1ccc(CCc2ccc(CC)cc2)cn1)C(c1ccccc1F)N(N)/C=N\N. The van der Waals surface area contributed by atoms with Crippen molar-refractivity contribution >= 4 is 14.2 Å². The van der Waals surface area contributed by atoms with Crippen LogP contribution in [0.15, 0.2) is 72.0 Å². The summed E-state index contributed by atoms with van der Waals surface area (Å²) in [6.45, 7) is 2.12. The summed E-state index contributed by atoms with van der Waals surface area (Å²) in [4.78, 5) is 4.23. The van der Waals surface area contributed by atoms with Gasteiger partial charge in [-0.05, 0) is 48.1 Å². The maximum atomic E-state index is 15.9. The maximum Gasteiger partial charge on any atom is 0.134 e. The van der Waals surface area contributed by atoms with Crippen LogP contribution in [0.3, 0.4) is 0 Å². The number of nitrogens with two attached hydrogens (primary N) is 2. The van der Waals surface area contributed by atoms with E-state index in [4.69, 9.17) is 19.5 Å². The molecule has 0 aliphatic heterocycles. The number of alkyl halides is 1. The van der Waals surface area contributed by atoms with E-state index >= 15 is 4.39 Å². The molecule has 0 aliphatic carbocycles. The van der Waals surface area contributed by atoms with Gasteiger partial charge in [0.15, 0.2) is 0 Å². The van der Waals surface area contributed by atoms with E-state index in [-0.39, 0.29) is 11.3 Å². The Morgan fingerprint density at radius 3 is 2.28 bits per heavy atom. The van der Waals surface area contributed by atoms with Gasteiger partial charge in [0.05, 0.1) is 5.69 Å². The number of aryl methyl sites for hydroxylation is 3. The van der Waals surface area contributed by atoms with Crippen molar-refractivity contribution < 1.29 is 8.78 Å². The predicted molar refractivity (Wildman–Crippen MR) is 124 cm³/mol. The average Bonchev–Trinajstić information content (AvgIpc) is 2.80. The third-order valence-corrected chi connectivity index (χ3v) is 5.45. The summed E-state index contributed by atoms with van der Waals surface area (Å²) in [5.41, 5.74) is 0.695. The van der Waals surface area contributed by atoms with E-state index < -0.39 is 17.4 Å². The lowest BCUT2D eigenvalue weighted by Crippen LogP contribution is -2.46. The largest absolute Gasteiger partial charge is 0.322 e. The molecule has 0 saturated heterocycles. The number of benzene rings is 2. The highest BCUT2D eigenvalue weighted by atomic mass is 19.1. The molecule has 32 heavy (non-hydrogen) atoms. The van der Waals surface area contributed by atoms with Crippen LogP contribution < -0.4 is 11.7 Å². The van der Waals surface area contributed by atoms with Crippen molar-refractivity contribution in [1.82, 2.24) is 9.99 Å². The number of hydrogen-bond donors (Lipinski definition) is 2. The third kappa shape index (κ3) is 5.32. The van der Waals surface area contributed by atoms with Crippen LogP contribution in [0.2, 0.25) is 0 Å². The van der Waals surface area contributed by atoms with Crippen LogP contribution >= 0.6 is 0 Å². The van der Waals surface area contributed by atoms with Crippen molar-refractivity contribution in [2.45, 2.75) is 37.8 Å². The van der Waals surface area contributed by atoms with Gasteiger partial charge in [-0.3, -0.25) is 9.99 Å². The molecule has 8 heteroatoms. The van der Waals surface area contributed by atoms with Gasteiger partial charge < -0.3 is 5.84 Å². The standard InChI is InChI=1S/C24H26BF2N5/c1-2-17-7-9-18(10-8-17)11-12-19-13-14-22(30-15-19)24(25,27)23(32(29)16-31-28)20-5-3-4-6-21(20)26/h3-10,13-16,23H,2,11-12,28-29H2,1H3/b31-16-. The molecule has 2 atom stereocenters. The zero-order valence-electron chi connectivity index (χ0n) is 18.0. The fourth-order valence-electron chi connectivity index (χ4n) is 3.61. The molecule has 2 aromatic carbocycles. The van der Waals surface area contributed by atoms with Crippen LogP contribution in [0.4, 0.5) is 8.78 Å². The number of nitrogens with zero attached hydrogens (tertiary/aromatic N) is 3. The summed E-state index contributed by atoms with van der Waals surface area (Å²) in [7, 11) is 6.04. The Hall–Kier alpha value is -3.26. The molecule has 164 valence electrons. The van der Waals surface area contributed by atoms with E-state index in [1.807, 2.05) is 0 Å². The Kier molecular flexibility index (Phi) is 7.59. The first-order valence-corrected chi connectivity index (χ1v) is 10.4. The zero-order valence-corrected chi connectivity index (χ0v) is 18.0. The molecule has 2 unspecified atom stereocenters. The summed E-state index contributed by atoms with van der Waals surface area (Å²) < 4.78 is 30.4. The van der Waals surface area contributed by atoms with Crippen LogP contribution in [0, 0.1) is 5.82 Å². The highest BCUT2D eigenvalue weighted by Gasteiger charge is 2.42. The number of rotatable bonds is 9.